The van der Waals surface area contributed by atoms with Gasteiger partial charge in [-0.2, -0.15) is 0 Å². The molecule has 0 saturated carbocycles. The second kappa shape index (κ2) is 8.70. The van der Waals surface area contributed by atoms with Crippen molar-refractivity contribution in [2.75, 3.05) is 0 Å². The second-order valence-corrected chi connectivity index (χ2v) is 7.20. The zero-order valence-corrected chi connectivity index (χ0v) is 15.8. The van der Waals surface area contributed by atoms with E-state index in [2.05, 4.69) is 16.9 Å². The van der Waals surface area contributed by atoms with Gasteiger partial charge in [0.1, 0.15) is 0 Å². The van der Waals surface area contributed by atoms with Crippen LogP contribution in [0.5, 0.6) is 0 Å². The number of hydrogen-bond acceptors (Lipinski definition) is 4. The molecule has 0 saturated heterocycles. The van der Waals surface area contributed by atoms with Gasteiger partial charge in [-0.3, -0.25) is 0 Å². The highest BCUT2D eigenvalue weighted by Gasteiger charge is 2.07. The van der Waals surface area contributed by atoms with E-state index in [1.165, 1.54) is 5.56 Å². The molecular weight excluding hydrogens is 362 g/mol. The molecule has 26 heavy (non-hydrogen) atoms. The van der Waals surface area contributed by atoms with Crippen molar-refractivity contribution in [1.29, 1.82) is 0 Å². The molecular formula is C21H18ClN3S. The van der Waals surface area contributed by atoms with Crippen LogP contribution in [0.1, 0.15) is 11.1 Å². The molecule has 0 aliphatic rings. The Kier molecular flexibility index (Phi) is 6.10. The van der Waals surface area contributed by atoms with Gasteiger partial charge in [0, 0.05) is 22.3 Å². The number of nitrogens with zero attached hydrogens (tertiary/aromatic N) is 2. The van der Waals surface area contributed by atoms with Crippen molar-refractivity contribution >= 4 is 41.1 Å². The SMILES string of the molecule is Cc1ccc(C(N)=C(C=Nc2ccccn2)Sc2ccc(Cl)cc2)cc1. The number of hydrogen-bond donors (Lipinski definition) is 1. The van der Waals surface area contributed by atoms with Gasteiger partial charge in [-0.25, -0.2) is 9.98 Å². The number of aryl methyl sites for hydroxylation is 1. The number of thioether (sulfide) groups is 1. The van der Waals surface area contributed by atoms with Crippen LogP contribution in [0.3, 0.4) is 0 Å². The maximum absolute atomic E-state index is 6.45. The number of pyridine rings is 1. The Morgan fingerprint density at radius 2 is 1.77 bits per heavy atom. The predicted octanol–water partition coefficient (Wildman–Crippen LogP) is 5.87. The highest BCUT2D eigenvalue weighted by molar-refractivity contribution is 8.04. The van der Waals surface area contributed by atoms with E-state index in [4.69, 9.17) is 17.3 Å². The standard InChI is InChI=1S/C21H18ClN3S/c1-15-5-7-16(8-6-15)21(23)19(14-25-20-4-2-3-13-24-20)26-18-11-9-17(22)10-12-18/h2-14H,23H2,1H3. The fraction of sp³-hybridized carbons (Fsp3) is 0.0476. The van der Waals surface area contributed by atoms with Crippen LogP contribution in [0.2, 0.25) is 5.02 Å². The Balaban J connectivity index is 1.97. The monoisotopic (exact) mass is 379 g/mol. The van der Waals surface area contributed by atoms with Crippen molar-refractivity contribution in [3.8, 4) is 0 Å². The van der Waals surface area contributed by atoms with Gasteiger partial charge in [0.25, 0.3) is 0 Å². The van der Waals surface area contributed by atoms with E-state index in [0.29, 0.717) is 16.5 Å². The lowest BCUT2D eigenvalue weighted by Crippen LogP contribution is -2.01. The molecule has 2 N–H and O–H groups in total. The van der Waals surface area contributed by atoms with E-state index in [1.54, 1.807) is 24.2 Å². The minimum atomic E-state index is 0.637. The van der Waals surface area contributed by atoms with Gasteiger partial charge in [-0.15, -0.1) is 0 Å². The quantitative estimate of drug-likeness (QED) is 0.445. The Morgan fingerprint density at radius 1 is 1.04 bits per heavy atom. The van der Waals surface area contributed by atoms with Crippen molar-refractivity contribution in [2.45, 2.75) is 11.8 Å². The molecule has 5 heteroatoms. The molecule has 130 valence electrons. The predicted molar refractivity (Wildman–Crippen MR) is 112 cm³/mol. The van der Waals surface area contributed by atoms with E-state index in [-0.39, 0.29) is 0 Å². The maximum atomic E-state index is 6.45. The molecule has 0 radical (unpaired) electrons. The molecule has 2 aromatic carbocycles. The van der Waals surface area contributed by atoms with Crippen molar-refractivity contribution in [1.82, 2.24) is 4.98 Å². The molecule has 1 heterocycles. The van der Waals surface area contributed by atoms with Crippen LogP contribution >= 0.6 is 23.4 Å². The average Bonchev–Trinajstić information content (AvgIpc) is 2.67. The lowest BCUT2D eigenvalue weighted by Gasteiger charge is -2.09. The summed E-state index contributed by atoms with van der Waals surface area (Å²) in [7, 11) is 0. The third kappa shape index (κ3) is 4.97. The summed E-state index contributed by atoms with van der Waals surface area (Å²) in [4.78, 5) is 10.6. The topological polar surface area (TPSA) is 51.3 Å². The van der Waals surface area contributed by atoms with Gasteiger partial charge in [-0.05, 0) is 48.9 Å². The summed E-state index contributed by atoms with van der Waals surface area (Å²) in [5, 5.41) is 0.702. The molecule has 0 unspecified atom stereocenters. The van der Waals surface area contributed by atoms with Crippen LogP contribution in [-0.2, 0) is 0 Å². The third-order valence-electron chi connectivity index (χ3n) is 3.63. The minimum Gasteiger partial charge on any atom is -0.397 e. The number of rotatable bonds is 5. The van der Waals surface area contributed by atoms with Gasteiger partial charge in [0.15, 0.2) is 5.82 Å². The van der Waals surface area contributed by atoms with Crippen LogP contribution in [0.25, 0.3) is 5.70 Å². The normalized spacial score (nSPS) is 12.2. The first kappa shape index (κ1) is 18.2. The molecule has 0 aliphatic carbocycles. The lowest BCUT2D eigenvalue weighted by molar-refractivity contribution is 1.28. The first-order valence-electron chi connectivity index (χ1n) is 8.07. The first-order chi connectivity index (χ1) is 12.6. The minimum absolute atomic E-state index is 0.637. The third-order valence-corrected chi connectivity index (χ3v) is 4.94. The number of halogens is 1. The highest BCUT2D eigenvalue weighted by Crippen LogP contribution is 2.31. The number of nitrogens with two attached hydrogens (primary N) is 1. The van der Waals surface area contributed by atoms with Crippen LogP contribution in [0, 0.1) is 6.92 Å². The smallest absolute Gasteiger partial charge is 0.151 e. The van der Waals surface area contributed by atoms with Crippen molar-refractivity contribution in [2.24, 2.45) is 10.7 Å². The fourth-order valence-electron chi connectivity index (χ4n) is 2.21. The van der Waals surface area contributed by atoms with E-state index in [0.717, 1.165) is 15.4 Å². The Morgan fingerprint density at radius 3 is 2.42 bits per heavy atom. The van der Waals surface area contributed by atoms with E-state index < -0.39 is 0 Å². The van der Waals surface area contributed by atoms with Crippen LogP contribution in [0.4, 0.5) is 5.82 Å². The zero-order chi connectivity index (χ0) is 18.4. The molecule has 0 bridgehead atoms. The Bertz CT molecular complexity index is 918. The average molecular weight is 380 g/mol. The van der Waals surface area contributed by atoms with Crippen molar-refractivity contribution < 1.29 is 0 Å². The number of aromatic nitrogens is 1. The molecule has 0 spiro atoms. The summed E-state index contributed by atoms with van der Waals surface area (Å²) < 4.78 is 0. The van der Waals surface area contributed by atoms with Crippen LogP contribution in [0.15, 0.2) is 87.7 Å². The van der Waals surface area contributed by atoms with Gasteiger partial charge in [-0.1, -0.05) is 59.3 Å². The van der Waals surface area contributed by atoms with Crippen LogP contribution in [-0.4, -0.2) is 11.2 Å². The maximum Gasteiger partial charge on any atom is 0.151 e. The summed E-state index contributed by atoms with van der Waals surface area (Å²) >= 11 is 7.52. The first-order valence-corrected chi connectivity index (χ1v) is 9.26. The van der Waals surface area contributed by atoms with Gasteiger partial charge >= 0.3 is 0 Å². The molecule has 0 atom stereocenters. The number of allylic oxidation sites excluding steroid dienone is 1. The molecule has 0 fully saturated rings. The highest BCUT2D eigenvalue weighted by atomic mass is 35.5. The molecule has 3 nitrogen and oxygen atoms in total. The number of aliphatic imine (C=N–C) groups is 1. The summed E-state index contributed by atoms with van der Waals surface area (Å²) in [6.45, 7) is 2.05. The Labute approximate surface area is 162 Å². The summed E-state index contributed by atoms with van der Waals surface area (Å²) in [6.07, 6.45) is 3.47. The van der Waals surface area contributed by atoms with Crippen molar-refractivity contribution in [3.05, 3.63) is 94.0 Å². The van der Waals surface area contributed by atoms with E-state index >= 15 is 0 Å². The summed E-state index contributed by atoms with van der Waals surface area (Å²) in [5.41, 5.74) is 9.27. The van der Waals surface area contributed by atoms with Gasteiger partial charge in [0.05, 0.1) is 10.6 Å². The summed E-state index contributed by atoms with van der Waals surface area (Å²) in [5.74, 6) is 0.637. The largest absolute Gasteiger partial charge is 0.397 e. The fourth-order valence-corrected chi connectivity index (χ4v) is 3.20. The molecule has 0 aliphatic heterocycles. The molecule has 0 amide bonds. The summed E-state index contributed by atoms with van der Waals surface area (Å²) in [6, 6.07) is 21.4. The van der Waals surface area contributed by atoms with Crippen LogP contribution < -0.4 is 5.73 Å². The van der Waals surface area contributed by atoms with E-state index in [1.807, 2.05) is 66.7 Å². The van der Waals surface area contributed by atoms with Gasteiger partial charge in [0.2, 0.25) is 0 Å². The number of benzene rings is 2. The molecule has 1 aromatic heterocycles. The molecule has 3 aromatic rings. The van der Waals surface area contributed by atoms with Crippen molar-refractivity contribution in [3.63, 3.8) is 0 Å². The second-order valence-electron chi connectivity index (χ2n) is 5.65. The Hall–Kier alpha value is -2.56. The lowest BCUT2D eigenvalue weighted by atomic mass is 10.1. The molecule has 3 rings (SSSR count). The zero-order valence-electron chi connectivity index (χ0n) is 14.3. The van der Waals surface area contributed by atoms with Gasteiger partial charge < -0.3 is 5.73 Å². The van der Waals surface area contributed by atoms with E-state index in [9.17, 15) is 0 Å².